The third-order valence-corrected chi connectivity index (χ3v) is 4.16. The van der Waals surface area contributed by atoms with Gasteiger partial charge < -0.3 is 5.32 Å². The van der Waals surface area contributed by atoms with Gasteiger partial charge in [-0.15, -0.1) is 11.3 Å². The largest absolute Gasteiger partial charge is 0.372 e. The lowest BCUT2D eigenvalue weighted by atomic mass is 10.1. The van der Waals surface area contributed by atoms with Gasteiger partial charge in [0, 0.05) is 23.9 Å². The fraction of sp³-hybridized carbons (Fsp3) is 0.250. The van der Waals surface area contributed by atoms with Gasteiger partial charge in [-0.25, -0.2) is 9.97 Å². The van der Waals surface area contributed by atoms with Gasteiger partial charge in [0.1, 0.15) is 16.5 Å². The molecule has 0 spiro atoms. The quantitative estimate of drug-likeness (QED) is 0.767. The van der Waals surface area contributed by atoms with E-state index in [2.05, 4.69) is 53.8 Å². The number of hydrogen-bond donors (Lipinski definition) is 1. The number of benzene rings is 1. The van der Waals surface area contributed by atoms with Crippen LogP contribution in [0.4, 0.5) is 5.82 Å². The minimum Gasteiger partial charge on any atom is -0.372 e. The molecule has 0 saturated heterocycles. The summed E-state index contributed by atoms with van der Waals surface area (Å²) in [6.07, 6.45) is 0. The first-order chi connectivity index (χ1) is 9.70. The number of fused-ring (bicyclic) bond motifs is 1. The van der Waals surface area contributed by atoms with Crippen LogP contribution in [0.1, 0.15) is 25.6 Å². The molecule has 0 amide bonds. The second kappa shape index (κ2) is 5.21. The molecule has 2 aromatic heterocycles. The summed E-state index contributed by atoms with van der Waals surface area (Å²) in [6, 6.07) is 10.4. The summed E-state index contributed by atoms with van der Waals surface area (Å²) >= 11 is 1.68. The molecule has 0 aliphatic rings. The molecule has 1 aromatic carbocycles. The third kappa shape index (κ3) is 2.16. The second-order valence-corrected chi connectivity index (χ2v) is 5.89. The molecule has 0 radical (unpaired) electrons. The Balaban J connectivity index is 2.27. The highest BCUT2D eigenvalue weighted by Gasteiger charge is 2.15. The summed E-state index contributed by atoms with van der Waals surface area (Å²) in [7, 11) is 1.92. The lowest BCUT2D eigenvalue weighted by Crippen LogP contribution is -2.02. The predicted octanol–water partition coefficient (Wildman–Crippen LogP) is 4.52. The van der Waals surface area contributed by atoms with Crippen LogP contribution in [-0.4, -0.2) is 17.0 Å². The molecule has 3 rings (SSSR count). The minimum absolute atomic E-state index is 0.328. The maximum atomic E-state index is 4.70. The van der Waals surface area contributed by atoms with E-state index in [9.17, 15) is 0 Å². The maximum Gasteiger partial charge on any atom is 0.138 e. The highest BCUT2D eigenvalue weighted by molar-refractivity contribution is 7.17. The van der Waals surface area contributed by atoms with Crippen LogP contribution < -0.4 is 5.32 Å². The van der Waals surface area contributed by atoms with Gasteiger partial charge in [-0.3, -0.25) is 0 Å². The zero-order valence-electron chi connectivity index (χ0n) is 11.8. The van der Waals surface area contributed by atoms with E-state index in [0.29, 0.717) is 5.92 Å². The first kappa shape index (κ1) is 13.1. The van der Waals surface area contributed by atoms with E-state index in [-0.39, 0.29) is 0 Å². The molecule has 1 N–H and O–H groups in total. The number of aromatic nitrogens is 2. The first-order valence-electron chi connectivity index (χ1n) is 6.73. The van der Waals surface area contributed by atoms with Gasteiger partial charge in [0.2, 0.25) is 0 Å². The van der Waals surface area contributed by atoms with Crippen LogP contribution in [0.15, 0.2) is 35.7 Å². The van der Waals surface area contributed by atoms with E-state index in [4.69, 9.17) is 4.98 Å². The maximum absolute atomic E-state index is 4.70. The molecule has 0 atom stereocenters. The molecule has 102 valence electrons. The third-order valence-electron chi connectivity index (χ3n) is 3.29. The van der Waals surface area contributed by atoms with Crippen LogP contribution in [0.3, 0.4) is 0 Å². The van der Waals surface area contributed by atoms with Gasteiger partial charge in [-0.05, 0) is 5.56 Å². The van der Waals surface area contributed by atoms with Crippen LogP contribution in [0.2, 0.25) is 0 Å². The number of anilines is 1. The van der Waals surface area contributed by atoms with E-state index in [1.54, 1.807) is 11.3 Å². The van der Waals surface area contributed by atoms with Crippen LogP contribution in [0.5, 0.6) is 0 Å². The van der Waals surface area contributed by atoms with Gasteiger partial charge in [-0.1, -0.05) is 44.2 Å². The number of rotatable bonds is 3. The van der Waals surface area contributed by atoms with Crippen molar-refractivity contribution in [2.75, 3.05) is 12.4 Å². The van der Waals surface area contributed by atoms with Gasteiger partial charge in [0.15, 0.2) is 0 Å². The molecular weight excluding hydrogens is 266 g/mol. The monoisotopic (exact) mass is 283 g/mol. The summed E-state index contributed by atoms with van der Waals surface area (Å²) in [4.78, 5) is 10.4. The van der Waals surface area contributed by atoms with E-state index >= 15 is 0 Å². The van der Waals surface area contributed by atoms with Gasteiger partial charge >= 0.3 is 0 Å². The topological polar surface area (TPSA) is 37.8 Å². The summed E-state index contributed by atoms with van der Waals surface area (Å²) in [5, 5.41) is 6.50. The highest BCUT2D eigenvalue weighted by atomic mass is 32.1. The Morgan fingerprint density at radius 1 is 1.10 bits per heavy atom. The second-order valence-electron chi connectivity index (χ2n) is 5.03. The van der Waals surface area contributed by atoms with Gasteiger partial charge in [-0.2, -0.15) is 0 Å². The van der Waals surface area contributed by atoms with Crippen molar-refractivity contribution in [3.05, 3.63) is 41.5 Å². The summed E-state index contributed by atoms with van der Waals surface area (Å²) in [5.74, 6) is 2.14. The van der Waals surface area contributed by atoms with E-state index in [1.165, 1.54) is 11.1 Å². The van der Waals surface area contributed by atoms with Crippen molar-refractivity contribution in [3.63, 3.8) is 0 Å². The Bertz CT molecular complexity index is 732. The molecule has 0 bridgehead atoms. The molecule has 0 fully saturated rings. The summed E-state index contributed by atoms with van der Waals surface area (Å²) in [5.41, 5.74) is 2.40. The fourth-order valence-corrected chi connectivity index (χ4v) is 3.18. The molecular formula is C16H17N3S. The van der Waals surface area contributed by atoms with E-state index in [1.807, 2.05) is 13.1 Å². The zero-order chi connectivity index (χ0) is 14.1. The highest BCUT2D eigenvalue weighted by Crippen LogP contribution is 2.37. The molecule has 3 aromatic rings. The first-order valence-corrected chi connectivity index (χ1v) is 7.61. The SMILES string of the molecule is CNc1nc(C(C)C)nc2scc(-c3ccccc3)c12. The Hall–Kier alpha value is -1.94. The average molecular weight is 283 g/mol. The van der Waals surface area contributed by atoms with E-state index < -0.39 is 0 Å². The van der Waals surface area contributed by atoms with Crippen LogP contribution in [0.25, 0.3) is 21.3 Å². The lowest BCUT2D eigenvalue weighted by Gasteiger charge is -2.09. The average Bonchev–Trinajstić information content (AvgIpc) is 2.91. The molecule has 0 unspecified atom stereocenters. The number of nitrogens with zero attached hydrogens (tertiary/aromatic N) is 2. The normalized spacial score (nSPS) is 11.2. The smallest absolute Gasteiger partial charge is 0.138 e. The van der Waals surface area contributed by atoms with Crippen molar-refractivity contribution < 1.29 is 0 Å². The summed E-state index contributed by atoms with van der Waals surface area (Å²) in [6.45, 7) is 4.23. The van der Waals surface area contributed by atoms with Crippen molar-refractivity contribution in [1.29, 1.82) is 0 Å². The summed E-state index contributed by atoms with van der Waals surface area (Å²) < 4.78 is 0. The van der Waals surface area contributed by atoms with Crippen molar-refractivity contribution in [1.82, 2.24) is 9.97 Å². The van der Waals surface area contributed by atoms with Crippen molar-refractivity contribution in [3.8, 4) is 11.1 Å². The molecule has 20 heavy (non-hydrogen) atoms. The lowest BCUT2D eigenvalue weighted by molar-refractivity contribution is 0.785. The Labute approximate surface area is 122 Å². The Morgan fingerprint density at radius 3 is 2.50 bits per heavy atom. The fourth-order valence-electron chi connectivity index (χ4n) is 2.23. The molecule has 3 nitrogen and oxygen atoms in total. The number of hydrogen-bond acceptors (Lipinski definition) is 4. The van der Waals surface area contributed by atoms with Crippen LogP contribution >= 0.6 is 11.3 Å². The number of nitrogens with one attached hydrogen (secondary N) is 1. The molecule has 0 saturated carbocycles. The molecule has 0 aliphatic carbocycles. The Morgan fingerprint density at radius 2 is 1.85 bits per heavy atom. The molecule has 0 aliphatic heterocycles. The molecule has 2 heterocycles. The van der Waals surface area contributed by atoms with Crippen molar-refractivity contribution >= 4 is 27.4 Å². The Kier molecular flexibility index (Phi) is 3.40. The van der Waals surface area contributed by atoms with Gasteiger partial charge in [0.25, 0.3) is 0 Å². The standard InChI is InChI=1S/C16H17N3S/c1-10(2)14-18-15(17-3)13-12(9-20-16(13)19-14)11-7-5-4-6-8-11/h4-10H,1-3H3,(H,17,18,19). The van der Waals surface area contributed by atoms with Crippen molar-refractivity contribution in [2.24, 2.45) is 0 Å². The van der Waals surface area contributed by atoms with Crippen LogP contribution in [-0.2, 0) is 0 Å². The minimum atomic E-state index is 0.328. The predicted molar refractivity (Wildman–Crippen MR) is 86.5 cm³/mol. The molecule has 4 heteroatoms. The van der Waals surface area contributed by atoms with Gasteiger partial charge in [0.05, 0.1) is 5.39 Å². The zero-order valence-corrected chi connectivity index (χ0v) is 12.7. The van der Waals surface area contributed by atoms with Crippen LogP contribution in [0, 0.1) is 0 Å². The van der Waals surface area contributed by atoms with Crippen molar-refractivity contribution in [2.45, 2.75) is 19.8 Å². The van der Waals surface area contributed by atoms with E-state index in [0.717, 1.165) is 21.9 Å². The number of thiophene rings is 1.